The molecule has 4 atom stereocenters. The molecule has 0 saturated heterocycles. The predicted octanol–water partition coefficient (Wildman–Crippen LogP) is 10.0. The molecule has 0 radical (unpaired) electrons. The minimum absolute atomic E-state index is 0.0376. The lowest BCUT2D eigenvalue weighted by atomic mass is 9.89. The largest absolute Gasteiger partial charge is 0.416 e. The maximum absolute atomic E-state index is 7.19. The Hall–Kier alpha value is -0.169. The van der Waals surface area contributed by atoms with Crippen molar-refractivity contribution in [2.24, 2.45) is 11.8 Å². The van der Waals surface area contributed by atoms with Crippen molar-refractivity contribution in [1.29, 1.82) is 0 Å². The van der Waals surface area contributed by atoms with Crippen LogP contribution in [0.4, 0.5) is 0 Å². The van der Waals surface area contributed by atoms with Gasteiger partial charge in [0.2, 0.25) is 0 Å². The van der Waals surface area contributed by atoms with Crippen molar-refractivity contribution in [3.63, 3.8) is 0 Å². The van der Waals surface area contributed by atoms with Crippen LogP contribution < -0.4 is 0 Å². The number of hydrogen-bond acceptors (Lipinski definition) is 3. The topological polar surface area (TPSA) is 27.7 Å². The smallest absolute Gasteiger partial charge is 0.192 e. The summed E-state index contributed by atoms with van der Waals surface area (Å²) >= 11 is 0. The molecule has 37 heavy (non-hydrogen) atoms. The van der Waals surface area contributed by atoms with E-state index in [1.54, 1.807) is 0 Å². The summed E-state index contributed by atoms with van der Waals surface area (Å²) in [4.78, 5) is 0. The standard InChI is InChI=1S/C31H64O3Si3/c1-20-21-24(2)26(4)28(34-37(18,19)31(11,12)13)22-27(33-36(16,17)30(8,9)10)25(3)23-32-35(14,15)29(5,6)7/h1,21,25-28H,22-23H2,2-19H3/b24-21+/t25-,26+,27-,28-/m0/s1. The van der Waals surface area contributed by atoms with Crippen LogP contribution >= 0.6 is 0 Å². The lowest BCUT2D eigenvalue weighted by molar-refractivity contribution is 0.0294. The van der Waals surface area contributed by atoms with Gasteiger partial charge in [0.25, 0.3) is 0 Å². The first-order valence-electron chi connectivity index (χ1n) is 14.3. The van der Waals surface area contributed by atoms with Crippen molar-refractivity contribution in [3.05, 3.63) is 11.6 Å². The minimum Gasteiger partial charge on any atom is -0.416 e. The normalized spacial score (nSPS) is 18.2. The molecule has 0 unspecified atom stereocenters. The van der Waals surface area contributed by atoms with Crippen molar-refractivity contribution in [3.8, 4) is 12.3 Å². The molecular formula is C31H64O3Si3. The molecule has 6 heteroatoms. The van der Waals surface area contributed by atoms with Gasteiger partial charge in [-0.1, -0.05) is 87.7 Å². The van der Waals surface area contributed by atoms with Crippen LogP contribution in [0.1, 0.15) is 89.5 Å². The van der Waals surface area contributed by atoms with Gasteiger partial charge >= 0.3 is 0 Å². The van der Waals surface area contributed by atoms with Gasteiger partial charge in [0.15, 0.2) is 25.0 Å². The zero-order valence-electron chi connectivity index (χ0n) is 28.1. The van der Waals surface area contributed by atoms with Crippen molar-refractivity contribution in [1.82, 2.24) is 0 Å². The highest BCUT2D eigenvalue weighted by molar-refractivity contribution is 6.75. The summed E-state index contributed by atoms with van der Waals surface area (Å²) in [6, 6.07) is 0. The highest BCUT2D eigenvalue weighted by Gasteiger charge is 2.45. The van der Waals surface area contributed by atoms with Crippen molar-refractivity contribution >= 4 is 25.0 Å². The lowest BCUT2D eigenvalue weighted by Crippen LogP contribution is -2.51. The molecule has 0 bridgehead atoms. The van der Waals surface area contributed by atoms with Crippen LogP contribution in [0.3, 0.4) is 0 Å². The van der Waals surface area contributed by atoms with Gasteiger partial charge in [-0.2, -0.15) is 0 Å². The minimum atomic E-state index is -2.02. The van der Waals surface area contributed by atoms with Gasteiger partial charge in [0.1, 0.15) is 0 Å². The first-order valence-corrected chi connectivity index (χ1v) is 23.0. The molecule has 0 amide bonds. The Bertz CT molecular complexity index is 786. The van der Waals surface area contributed by atoms with E-state index >= 15 is 0 Å². The third kappa shape index (κ3) is 10.7. The van der Waals surface area contributed by atoms with Crippen molar-refractivity contribution < 1.29 is 13.3 Å². The summed E-state index contributed by atoms with van der Waals surface area (Å²) < 4.78 is 21.1. The average molecular weight is 569 g/mol. The summed E-state index contributed by atoms with van der Waals surface area (Å²) in [7, 11) is -5.90. The molecule has 0 saturated carbocycles. The SMILES string of the molecule is C#C/C=C(\C)[C@@H](C)[C@H](C[C@H](O[Si](C)(C)C(C)(C)C)[C@@H](C)CO[Si](C)(C)C(C)(C)C)O[Si](C)(C)C(C)(C)C. The van der Waals surface area contributed by atoms with E-state index in [0.717, 1.165) is 13.0 Å². The first-order chi connectivity index (χ1) is 16.2. The van der Waals surface area contributed by atoms with Crippen molar-refractivity contribution in [2.75, 3.05) is 6.61 Å². The second-order valence-corrected chi connectivity index (χ2v) is 30.3. The zero-order chi connectivity index (χ0) is 29.8. The van der Waals surface area contributed by atoms with E-state index in [1.165, 1.54) is 5.57 Å². The maximum atomic E-state index is 7.19. The Morgan fingerprint density at radius 3 is 1.46 bits per heavy atom. The van der Waals surface area contributed by atoms with Gasteiger partial charge in [-0.05, 0) is 73.8 Å². The summed E-state index contributed by atoms with van der Waals surface area (Å²) in [6.45, 7) is 42.3. The Labute approximate surface area is 236 Å². The Balaban J connectivity index is 6.40. The predicted molar refractivity (Wildman–Crippen MR) is 173 cm³/mol. The van der Waals surface area contributed by atoms with Gasteiger partial charge in [-0.15, -0.1) is 6.42 Å². The Morgan fingerprint density at radius 2 is 1.11 bits per heavy atom. The fourth-order valence-electron chi connectivity index (χ4n) is 3.31. The van der Waals surface area contributed by atoms with E-state index in [0.29, 0.717) is 0 Å². The fraction of sp³-hybridized carbons (Fsp3) is 0.871. The van der Waals surface area contributed by atoms with Crippen LogP contribution in [-0.2, 0) is 13.3 Å². The van der Waals surface area contributed by atoms with E-state index < -0.39 is 25.0 Å². The number of rotatable bonds is 12. The number of terminal acetylenes is 1. The zero-order valence-corrected chi connectivity index (χ0v) is 31.1. The van der Waals surface area contributed by atoms with Crippen LogP contribution in [0, 0.1) is 24.2 Å². The second-order valence-electron chi connectivity index (χ2n) is 16.0. The van der Waals surface area contributed by atoms with Crippen LogP contribution in [0.2, 0.25) is 54.4 Å². The van der Waals surface area contributed by atoms with Gasteiger partial charge in [-0.25, -0.2) is 0 Å². The Kier molecular flexibility index (Phi) is 12.9. The van der Waals surface area contributed by atoms with E-state index in [4.69, 9.17) is 19.7 Å². The van der Waals surface area contributed by atoms with E-state index in [9.17, 15) is 0 Å². The maximum Gasteiger partial charge on any atom is 0.192 e. The van der Waals surface area contributed by atoms with E-state index in [1.807, 2.05) is 6.08 Å². The average Bonchev–Trinajstić information content (AvgIpc) is 2.67. The highest BCUT2D eigenvalue weighted by Crippen LogP contribution is 2.43. The third-order valence-electron chi connectivity index (χ3n) is 9.70. The monoisotopic (exact) mass is 568 g/mol. The molecule has 0 aromatic heterocycles. The quantitative estimate of drug-likeness (QED) is 0.173. The highest BCUT2D eigenvalue weighted by atomic mass is 28.4. The molecule has 0 aromatic rings. The molecule has 0 spiro atoms. The van der Waals surface area contributed by atoms with Crippen molar-refractivity contribution in [2.45, 2.75) is 156 Å². The second kappa shape index (κ2) is 13.0. The number of hydrogen-bond donors (Lipinski definition) is 0. The number of allylic oxidation sites excluding steroid dienone is 1. The lowest BCUT2D eigenvalue weighted by Gasteiger charge is -2.45. The molecule has 3 nitrogen and oxygen atoms in total. The van der Waals surface area contributed by atoms with E-state index in [2.05, 4.69) is 128 Å². The van der Waals surface area contributed by atoms with Gasteiger partial charge < -0.3 is 13.3 Å². The third-order valence-corrected chi connectivity index (χ3v) is 23.2. The summed E-state index contributed by atoms with van der Waals surface area (Å²) in [5.74, 6) is 3.21. The molecular weight excluding hydrogens is 505 g/mol. The molecule has 0 aromatic carbocycles. The van der Waals surface area contributed by atoms with Gasteiger partial charge in [-0.3, -0.25) is 0 Å². The van der Waals surface area contributed by atoms with Gasteiger partial charge in [0.05, 0.1) is 12.2 Å². The van der Waals surface area contributed by atoms with Crippen LogP contribution in [-0.4, -0.2) is 43.8 Å². The molecule has 0 aliphatic heterocycles. The van der Waals surface area contributed by atoms with Crippen LogP contribution in [0.25, 0.3) is 0 Å². The van der Waals surface area contributed by atoms with Gasteiger partial charge in [0, 0.05) is 18.4 Å². The Morgan fingerprint density at radius 1 is 0.730 bits per heavy atom. The molecule has 0 aliphatic rings. The summed E-state index contributed by atoms with van der Waals surface area (Å²) in [6.07, 6.45) is 8.51. The van der Waals surface area contributed by atoms with Crippen LogP contribution in [0.15, 0.2) is 11.6 Å². The summed E-state index contributed by atoms with van der Waals surface area (Å²) in [5.41, 5.74) is 1.20. The molecule has 0 aliphatic carbocycles. The molecule has 0 heterocycles. The molecule has 0 N–H and O–H groups in total. The summed E-state index contributed by atoms with van der Waals surface area (Å²) in [5, 5.41) is 0.440. The van der Waals surface area contributed by atoms with Crippen LogP contribution in [0.5, 0.6) is 0 Å². The molecule has 0 rings (SSSR count). The molecule has 218 valence electrons. The molecule has 0 fully saturated rings. The first kappa shape index (κ1) is 36.8. The fourth-order valence-corrected chi connectivity index (χ4v) is 7.27. The van der Waals surface area contributed by atoms with E-state index in [-0.39, 0.29) is 39.2 Å².